The van der Waals surface area contributed by atoms with Crippen LogP contribution in [0.1, 0.15) is 40.5 Å². The Bertz CT molecular complexity index is 515. The molecule has 0 spiro atoms. The molecule has 2 aliphatic rings. The smallest absolute Gasteiger partial charge is 0.489 e. The molecule has 0 N–H and O–H groups in total. The number of halogens is 1. The molecular weight excluding hydrogens is 260 g/mol. The zero-order valence-corrected chi connectivity index (χ0v) is 12.3. The van der Waals surface area contributed by atoms with Crippen LogP contribution in [0.25, 0.3) is 0 Å². The molecule has 1 aromatic rings. The van der Waals surface area contributed by atoms with Crippen LogP contribution >= 0.6 is 0 Å². The minimum absolute atomic E-state index is 0.212. The van der Waals surface area contributed by atoms with Crippen LogP contribution < -0.4 is 10.3 Å². The topological polar surface area (TPSA) is 40.6 Å². The van der Waals surface area contributed by atoms with E-state index in [0.29, 0.717) is 11.3 Å². The molecule has 2 heterocycles. The van der Waals surface area contributed by atoms with Gasteiger partial charge in [0.05, 0.1) is 17.3 Å². The van der Waals surface area contributed by atoms with Gasteiger partial charge in [0.1, 0.15) is 11.3 Å². The zero-order valence-electron chi connectivity index (χ0n) is 12.3. The average Bonchev–Trinajstić information content (AvgIpc) is 3.10. The Balaban J connectivity index is 1.91. The Morgan fingerprint density at radius 1 is 1.20 bits per heavy atom. The highest BCUT2D eigenvalue weighted by Crippen LogP contribution is 2.37. The number of hydrogen-bond acceptors (Lipinski definition) is 4. The first-order chi connectivity index (χ1) is 9.28. The van der Waals surface area contributed by atoms with Gasteiger partial charge < -0.3 is 14.0 Å². The summed E-state index contributed by atoms with van der Waals surface area (Å²) in [4.78, 5) is 3.93. The summed E-state index contributed by atoms with van der Waals surface area (Å²) < 4.78 is 31.1. The zero-order chi connectivity index (χ0) is 14.5. The summed E-state index contributed by atoms with van der Waals surface area (Å²) in [6, 6.07) is 2.90. The molecule has 0 amide bonds. The predicted octanol–water partition coefficient (Wildman–Crippen LogP) is 2.06. The highest BCUT2D eigenvalue weighted by molar-refractivity contribution is 6.62. The minimum Gasteiger partial charge on any atom is -0.489 e. The van der Waals surface area contributed by atoms with Gasteiger partial charge in [0, 0.05) is 0 Å². The van der Waals surface area contributed by atoms with Crippen LogP contribution in [0, 0.1) is 5.95 Å². The van der Waals surface area contributed by atoms with Gasteiger partial charge in [-0.3, -0.25) is 0 Å². The third-order valence-corrected chi connectivity index (χ3v) is 4.15. The Kier molecular flexibility index (Phi) is 3.06. The molecule has 0 aromatic carbocycles. The molecule has 0 unspecified atom stereocenters. The fourth-order valence-corrected chi connectivity index (χ4v) is 2.03. The minimum atomic E-state index is -0.704. The van der Waals surface area contributed by atoms with Crippen LogP contribution in [0.15, 0.2) is 12.1 Å². The van der Waals surface area contributed by atoms with Crippen molar-refractivity contribution in [3.05, 3.63) is 18.1 Å². The summed E-state index contributed by atoms with van der Waals surface area (Å²) in [5, 5.41) is 0. The van der Waals surface area contributed by atoms with Gasteiger partial charge in [-0.15, -0.1) is 0 Å². The maximum Gasteiger partial charge on any atom is 0.518 e. The maximum absolute atomic E-state index is 13.5. The molecule has 0 radical (unpaired) electrons. The highest BCUT2D eigenvalue weighted by Gasteiger charge is 2.53. The van der Waals surface area contributed by atoms with Crippen molar-refractivity contribution >= 4 is 12.7 Å². The second-order valence-corrected chi connectivity index (χ2v) is 6.42. The molecule has 1 saturated heterocycles. The van der Waals surface area contributed by atoms with Crippen molar-refractivity contribution in [1.29, 1.82) is 0 Å². The van der Waals surface area contributed by atoms with Crippen molar-refractivity contribution in [3.8, 4) is 5.75 Å². The summed E-state index contributed by atoms with van der Waals surface area (Å²) >= 11 is 0. The molecule has 1 aliphatic heterocycles. The molecule has 20 heavy (non-hydrogen) atoms. The van der Waals surface area contributed by atoms with Crippen LogP contribution in [-0.4, -0.2) is 29.4 Å². The second-order valence-electron chi connectivity index (χ2n) is 6.42. The largest absolute Gasteiger partial charge is 0.518 e. The lowest BCUT2D eigenvalue weighted by Crippen LogP contribution is -2.41. The Morgan fingerprint density at radius 2 is 1.80 bits per heavy atom. The third-order valence-electron chi connectivity index (χ3n) is 4.15. The molecule has 1 aliphatic carbocycles. The molecule has 4 nitrogen and oxygen atoms in total. The lowest BCUT2D eigenvalue weighted by Gasteiger charge is -2.32. The summed E-state index contributed by atoms with van der Waals surface area (Å²) in [5.74, 6) is -0.00902. The average molecular weight is 279 g/mol. The van der Waals surface area contributed by atoms with Gasteiger partial charge in [-0.25, -0.2) is 4.98 Å². The molecule has 1 aromatic heterocycles. The van der Waals surface area contributed by atoms with Gasteiger partial charge >= 0.3 is 7.12 Å². The first-order valence-electron chi connectivity index (χ1n) is 6.97. The van der Waals surface area contributed by atoms with Crippen molar-refractivity contribution in [1.82, 2.24) is 4.98 Å². The van der Waals surface area contributed by atoms with E-state index in [2.05, 4.69) is 4.98 Å². The van der Waals surface area contributed by atoms with Crippen molar-refractivity contribution in [2.75, 3.05) is 0 Å². The van der Waals surface area contributed by atoms with Crippen molar-refractivity contribution < 1.29 is 18.4 Å². The maximum atomic E-state index is 13.5. The van der Waals surface area contributed by atoms with E-state index in [4.69, 9.17) is 14.0 Å². The van der Waals surface area contributed by atoms with E-state index in [1.54, 1.807) is 6.07 Å². The Labute approximate surface area is 118 Å². The lowest BCUT2D eigenvalue weighted by atomic mass is 9.83. The summed E-state index contributed by atoms with van der Waals surface area (Å²) in [6.45, 7) is 7.81. The van der Waals surface area contributed by atoms with E-state index in [1.165, 1.54) is 6.07 Å². The van der Waals surface area contributed by atoms with Gasteiger partial charge in [0.25, 0.3) is 0 Å². The third kappa shape index (κ3) is 2.42. The molecular formula is C14H19BFNO3. The monoisotopic (exact) mass is 279 g/mol. The number of aromatic nitrogens is 1. The van der Waals surface area contributed by atoms with E-state index in [9.17, 15) is 4.39 Å². The van der Waals surface area contributed by atoms with Crippen LogP contribution in [0.2, 0.25) is 0 Å². The van der Waals surface area contributed by atoms with Crippen LogP contribution in [-0.2, 0) is 9.31 Å². The first-order valence-corrected chi connectivity index (χ1v) is 6.97. The summed E-state index contributed by atoms with van der Waals surface area (Å²) in [7, 11) is -0.704. The number of pyridine rings is 1. The van der Waals surface area contributed by atoms with E-state index >= 15 is 0 Å². The van der Waals surface area contributed by atoms with E-state index in [0.717, 1.165) is 12.8 Å². The molecule has 0 bridgehead atoms. The molecule has 1 saturated carbocycles. The summed E-state index contributed by atoms with van der Waals surface area (Å²) in [5.41, 5.74) is -0.582. The predicted molar refractivity (Wildman–Crippen MR) is 73.6 cm³/mol. The van der Waals surface area contributed by atoms with Gasteiger partial charge in [0.15, 0.2) is 0 Å². The van der Waals surface area contributed by atoms with Crippen LogP contribution in [0.4, 0.5) is 4.39 Å². The van der Waals surface area contributed by atoms with E-state index in [1.807, 2.05) is 27.7 Å². The molecule has 3 rings (SSSR count). The van der Waals surface area contributed by atoms with E-state index < -0.39 is 24.3 Å². The SMILES string of the molecule is CC1(C)OB(c2nc(F)ccc2OC2CC2)OC1(C)C. The lowest BCUT2D eigenvalue weighted by molar-refractivity contribution is 0.00578. The van der Waals surface area contributed by atoms with E-state index in [-0.39, 0.29) is 6.10 Å². The normalized spacial score (nSPS) is 23.9. The standard InChI is InChI=1S/C14H19BFNO3/c1-13(2)14(3,4)20-15(19-13)12-10(18-9-5-6-9)7-8-11(16)17-12/h7-9H,5-6H2,1-4H3. The van der Waals surface area contributed by atoms with Gasteiger partial charge in [-0.05, 0) is 52.7 Å². The number of rotatable bonds is 3. The number of hydrogen-bond donors (Lipinski definition) is 0. The van der Waals surface area contributed by atoms with Gasteiger partial charge in [0.2, 0.25) is 5.95 Å². The molecule has 2 fully saturated rings. The Hall–Kier alpha value is -1.14. The van der Waals surface area contributed by atoms with Crippen LogP contribution in [0.3, 0.4) is 0 Å². The van der Waals surface area contributed by atoms with Crippen molar-refractivity contribution in [2.24, 2.45) is 0 Å². The van der Waals surface area contributed by atoms with Crippen molar-refractivity contribution in [3.63, 3.8) is 0 Å². The Morgan fingerprint density at radius 3 is 2.35 bits per heavy atom. The highest BCUT2D eigenvalue weighted by atomic mass is 19.1. The summed E-state index contributed by atoms with van der Waals surface area (Å²) in [6.07, 6.45) is 2.27. The fraction of sp³-hybridized carbons (Fsp3) is 0.643. The molecule has 0 atom stereocenters. The molecule has 6 heteroatoms. The quantitative estimate of drug-likeness (QED) is 0.627. The number of ether oxygens (including phenoxy) is 1. The fourth-order valence-electron chi connectivity index (χ4n) is 2.03. The second kappa shape index (κ2) is 4.43. The molecule has 108 valence electrons. The number of nitrogens with zero attached hydrogens (tertiary/aromatic N) is 1. The van der Waals surface area contributed by atoms with Gasteiger partial charge in [-0.2, -0.15) is 4.39 Å². The first kappa shape index (κ1) is 13.8. The van der Waals surface area contributed by atoms with Crippen LogP contribution in [0.5, 0.6) is 5.75 Å². The van der Waals surface area contributed by atoms with Crippen molar-refractivity contribution in [2.45, 2.75) is 57.8 Å². The van der Waals surface area contributed by atoms with Gasteiger partial charge in [-0.1, -0.05) is 0 Å².